The van der Waals surface area contributed by atoms with Crippen LogP contribution in [0.5, 0.6) is 11.5 Å². The number of aryl methyl sites for hydroxylation is 1. The number of fused-ring (bicyclic) bond motifs is 1. The number of methoxy groups -OCH3 is 2. The van der Waals surface area contributed by atoms with Gasteiger partial charge in [0.05, 0.1) is 31.7 Å². The van der Waals surface area contributed by atoms with Crippen molar-refractivity contribution in [2.24, 2.45) is 5.92 Å². The molecule has 0 bridgehead atoms. The van der Waals surface area contributed by atoms with Crippen molar-refractivity contribution in [1.29, 1.82) is 0 Å². The van der Waals surface area contributed by atoms with Crippen LogP contribution in [0.3, 0.4) is 0 Å². The molecule has 8 nitrogen and oxygen atoms in total. The fourth-order valence-electron chi connectivity index (χ4n) is 3.66. The summed E-state index contributed by atoms with van der Waals surface area (Å²) < 4.78 is 12.6. The number of hydrogen-bond donors (Lipinski definition) is 1. The molecule has 1 atom stereocenters. The Bertz CT molecular complexity index is 893. The first-order chi connectivity index (χ1) is 13.9. The summed E-state index contributed by atoms with van der Waals surface area (Å²) in [5.41, 5.74) is 2.45. The van der Waals surface area contributed by atoms with Gasteiger partial charge in [0.1, 0.15) is 11.5 Å². The second-order valence-electron chi connectivity index (χ2n) is 7.36. The lowest BCUT2D eigenvalue weighted by Gasteiger charge is -2.25. The van der Waals surface area contributed by atoms with Crippen LogP contribution >= 0.6 is 0 Å². The highest BCUT2D eigenvalue weighted by Crippen LogP contribution is 2.27. The minimum Gasteiger partial charge on any atom is -0.497 e. The van der Waals surface area contributed by atoms with Crippen molar-refractivity contribution in [2.45, 2.75) is 32.9 Å². The van der Waals surface area contributed by atoms with E-state index < -0.39 is 0 Å². The van der Waals surface area contributed by atoms with Gasteiger partial charge in [-0.25, -0.2) is 0 Å². The van der Waals surface area contributed by atoms with Gasteiger partial charge in [0.25, 0.3) is 5.91 Å². The quantitative estimate of drug-likeness (QED) is 0.767. The predicted octanol–water partition coefficient (Wildman–Crippen LogP) is 1.87. The van der Waals surface area contributed by atoms with Gasteiger partial charge in [-0.05, 0) is 30.9 Å². The first kappa shape index (κ1) is 20.7. The monoisotopic (exact) mass is 400 g/mol. The number of ether oxygens (including phenoxy) is 2. The number of carbonyl (C=O) groups excluding carboxylic acids is 2. The summed E-state index contributed by atoms with van der Waals surface area (Å²) in [6, 6.07) is 5.56. The topological polar surface area (TPSA) is 85.7 Å². The van der Waals surface area contributed by atoms with Gasteiger partial charge in [-0.2, -0.15) is 5.10 Å². The zero-order valence-corrected chi connectivity index (χ0v) is 17.4. The van der Waals surface area contributed by atoms with Crippen LogP contribution in [0.1, 0.15) is 35.0 Å². The van der Waals surface area contributed by atoms with Gasteiger partial charge in [-0.15, -0.1) is 0 Å². The summed E-state index contributed by atoms with van der Waals surface area (Å²) in [7, 11) is 4.98. The average molecular weight is 400 g/mol. The van der Waals surface area contributed by atoms with Gasteiger partial charge in [-0.1, -0.05) is 0 Å². The van der Waals surface area contributed by atoms with Crippen molar-refractivity contribution in [3.05, 3.63) is 41.2 Å². The molecule has 0 radical (unpaired) electrons. The molecule has 1 aliphatic heterocycles. The number of aromatic nitrogens is 2. The second-order valence-corrected chi connectivity index (χ2v) is 7.36. The number of nitrogens with one attached hydrogen (secondary N) is 1. The fraction of sp³-hybridized carbons (Fsp3) is 0.476. The fourth-order valence-corrected chi connectivity index (χ4v) is 3.66. The third kappa shape index (κ3) is 4.70. The molecule has 2 heterocycles. The van der Waals surface area contributed by atoms with Crippen molar-refractivity contribution in [1.82, 2.24) is 20.0 Å². The van der Waals surface area contributed by atoms with Crippen LogP contribution in [0.2, 0.25) is 0 Å². The molecule has 0 spiro atoms. The maximum Gasteiger partial charge on any atom is 0.257 e. The smallest absolute Gasteiger partial charge is 0.257 e. The maximum absolute atomic E-state index is 13.1. The number of hydrogen-bond acceptors (Lipinski definition) is 5. The molecule has 0 aliphatic carbocycles. The molecule has 2 amide bonds. The van der Waals surface area contributed by atoms with Crippen LogP contribution < -0.4 is 14.8 Å². The third-order valence-electron chi connectivity index (χ3n) is 5.30. The Morgan fingerprint density at radius 1 is 1.31 bits per heavy atom. The minimum absolute atomic E-state index is 0.0337. The number of carbonyl (C=O) groups is 2. The van der Waals surface area contributed by atoms with Gasteiger partial charge in [-0.3, -0.25) is 14.3 Å². The summed E-state index contributed by atoms with van der Waals surface area (Å²) in [6.45, 7) is 3.30. The molecule has 1 aromatic carbocycles. The van der Waals surface area contributed by atoms with E-state index in [1.165, 1.54) is 6.92 Å². The number of rotatable bonds is 7. The minimum atomic E-state index is -0.0794. The molecule has 1 aromatic heterocycles. The number of nitrogens with zero attached hydrogens (tertiary/aromatic N) is 3. The van der Waals surface area contributed by atoms with E-state index in [0.29, 0.717) is 36.1 Å². The molecule has 156 valence electrons. The molecule has 1 N–H and O–H groups in total. The number of amides is 2. The van der Waals surface area contributed by atoms with Gasteiger partial charge in [0.2, 0.25) is 5.91 Å². The third-order valence-corrected chi connectivity index (χ3v) is 5.30. The zero-order chi connectivity index (χ0) is 21.0. The first-order valence-electron chi connectivity index (χ1n) is 9.68. The summed E-state index contributed by atoms with van der Waals surface area (Å²) in [4.78, 5) is 26.0. The average Bonchev–Trinajstić information content (AvgIpc) is 3.15. The summed E-state index contributed by atoms with van der Waals surface area (Å²) in [5.74, 6) is 1.58. The lowest BCUT2D eigenvalue weighted by Crippen LogP contribution is -2.33. The number of benzene rings is 1. The van der Waals surface area contributed by atoms with E-state index in [4.69, 9.17) is 9.47 Å². The standard InChI is InChI=1S/C21H28N4O4/c1-14(26)22-11-15-7-8-25-19(9-15)18(12-23-25)21(27)24(2)13-16-5-6-17(28-3)10-20(16)29-4/h5-6,10,12,15H,7-9,11,13H2,1-4H3,(H,22,26)/t15-/m1/s1. The Balaban J connectivity index is 1.73. The van der Waals surface area contributed by atoms with Crippen LogP contribution in [-0.2, 0) is 24.3 Å². The Kier molecular flexibility index (Phi) is 6.41. The highest BCUT2D eigenvalue weighted by Gasteiger charge is 2.27. The molecule has 0 unspecified atom stereocenters. The molecular formula is C21H28N4O4. The van der Waals surface area contributed by atoms with Crippen molar-refractivity contribution < 1.29 is 19.1 Å². The van der Waals surface area contributed by atoms with Crippen LogP contribution in [-0.4, -0.2) is 54.3 Å². The van der Waals surface area contributed by atoms with Crippen LogP contribution in [0.15, 0.2) is 24.4 Å². The van der Waals surface area contributed by atoms with Gasteiger partial charge >= 0.3 is 0 Å². The van der Waals surface area contributed by atoms with E-state index in [-0.39, 0.29) is 11.8 Å². The summed E-state index contributed by atoms with van der Waals surface area (Å²) in [6.07, 6.45) is 3.31. The Hall–Kier alpha value is -3.03. The zero-order valence-electron chi connectivity index (χ0n) is 17.4. The molecule has 0 fully saturated rings. The molecular weight excluding hydrogens is 372 g/mol. The van der Waals surface area contributed by atoms with Crippen LogP contribution in [0, 0.1) is 5.92 Å². The molecule has 0 saturated carbocycles. The maximum atomic E-state index is 13.1. The Morgan fingerprint density at radius 2 is 2.10 bits per heavy atom. The summed E-state index contributed by atoms with van der Waals surface area (Å²) in [5, 5.41) is 7.27. The van der Waals surface area contributed by atoms with Gasteiger partial charge in [0.15, 0.2) is 0 Å². The molecule has 8 heteroatoms. The van der Waals surface area contributed by atoms with Crippen LogP contribution in [0.4, 0.5) is 0 Å². The first-order valence-corrected chi connectivity index (χ1v) is 9.68. The lowest BCUT2D eigenvalue weighted by molar-refractivity contribution is -0.119. The predicted molar refractivity (Wildman–Crippen MR) is 108 cm³/mol. The molecule has 0 saturated heterocycles. The second kappa shape index (κ2) is 8.98. The van der Waals surface area contributed by atoms with E-state index >= 15 is 0 Å². The van der Waals surface area contributed by atoms with E-state index in [1.807, 2.05) is 22.9 Å². The van der Waals surface area contributed by atoms with Crippen LogP contribution in [0.25, 0.3) is 0 Å². The SMILES string of the molecule is COc1ccc(CN(C)C(=O)c2cnn3c2C[C@H](CNC(C)=O)CC3)c(OC)c1. The van der Waals surface area contributed by atoms with E-state index in [1.54, 1.807) is 32.4 Å². The van der Waals surface area contributed by atoms with Crippen molar-refractivity contribution in [2.75, 3.05) is 27.8 Å². The normalized spacial score (nSPS) is 15.4. The van der Waals surface area contributed by atoms with Crippen molar-refractivity contribution in [3.63, 3.8) is 0 Å². The van der Waals surface area contributed by atoms with E-state index in [0.717, 1.165) is 30.6 Å². The summed E-state index contributed by atoms with van der Waals surface area (Å²) >= 11 is 0. The van der Waals surface area contributed by atoms with Crippen molar-refractivity contribution >= 4 is 11.8 Å². The lowest BCUT2D eigenvalue weighted by atomic mass is 9.94. The molecule has 1 aliphatic rings. The molecule has 3 rings (SSSR count). The Labute approximate surface area is 170 Å². The highest BCUT2D eigenvalue weighted by atomic mass is 16.5. The van der Waals surface area contributed by atoms with Crippen molar-refractivity contribution in [3.8, 4) is 11.5 Å². The highest BCUT2D eigenvalue weighted by molar-refractivity contribution is 5.95. The Morgan fingerprint density at radius 3 is 2.79 bits per heavy atom. The molecule has 2 aromatic rings. The van der Waals surface area contributed by atoms with E-state index in [2.05, 4.69) is 10.4 Å². The molecule has 29 heavy (non-hydrogen) atoms. The van der Waals surface area contributed by atoms with Gasteiger partial charge in [0, 0.05) is 45.2 Å². The largest absolute Gasteiger partial charge is 0.497 e. The van der Waals surface area contributed by atoms with Gasteiger partial charge < -0.3 is 19.7 Å². The van der Waals surface area contributed by atoms with E-state index in [9.17, 15) is 9.59 Å².